The number of hydrogen-bond donors (Lipinski definition) is 1. The van der Waals surface area contributed by atoms with E-state index in [9.17, 15) is 14.4 Å². The normalized spacial score (nSPS) is 10.4. The SMILES string of the molecule is O=C(COC(=O)c1ccccc1-n1cnnn1)Nc1ccccc1C(=O)c1ccccc1. The van der Waals surface area contributed by atoms with Crippen LogP contribution in [-0.4, -0.2) is 44.5 Å². The Morgan fingerprint density at radius 2 is 1.53 bits per heavy atom. The summed E-state index contributed by atoms with van der Waals surface area (Å²) in [5.74, 6) is -1.51. The summed E-state index contributed by atoms with van der Waals surface area (Å²) in [4.78, 5) is 37.8. The highest BCUT2D eigenvalue weighted by molar-refractivity contribution is 6.14. The molecule has 9 heteroatoms. The van der Waals surface area contributed by atoms with Crippen molar-refractivity contribution in [3.8, 4) is 5.69 Å². The van der Waals surface area contributed by atoms with Gasteiger partial charge in [0, 0.05) is 11.1 Å². The lowest BCUT2D eigenvalue weighted by molar-refractivity contribution is -0.119. The topological polar surface area (TPSA) is 116 Å². The molecule has 32 heavy (non-hydrogen) atoms. The Balaban J connectivity index is 1.44. The molecule has 0 spiro atoms. The second-order valence-corrected chi connectivity index (χ2v) is 6.64. The fourth-order valence-corrected chi connectivity index (χ4v) is 3.05. The summed E-state index contributed by atoms with van der Waals surface area (Å²) >= 11 is 0. The average Bonchev–Trinajstić information content (AvgIpc) is 3.38. The predicted molar refractivity (Wildman–Crippen MR) is 114 cm³/mol. The summed E-state index contributed by atoms with van der Waals surface area (Å²) in [7, 11) is 0. The molecule has 0 aliphatic rings. The largest absolute Gasteiger partial charge is 0.452 e. The standard InChI is InChI=1S/C23H17N5O4/c29-21(14-32-23(31)18-11-5-7-13-20(18)28-15-24-26-27-28)25-19-12-6-4-10-17(19)22(30)16-8-2-1-3-9-16/h1-13,15H,14H2,(H,25,29). The van der Waals surface area contributed by atoms with E-state index in [4.69, 9.17) is 4.74 Å². The fourth-order valence-electron chi connectivity index (χ4n) is 3.05. The number of carbonyl (C=O) groups is 3. The molecule has 158 valence electrons. The number of rotatable bonds is 7. The second kappa shape index (κ2) is 9.43. The first-order chi connectivity index (χ1) is 15.6. The molecule has 9 nitrogen and oxygen atoms in total. The molecular formula is C23H17N5O4. The van der Waals surface area contributed by atoms with Crippen molar-refractivity contribution in [3.05, 3.63) is 102 Å². The van der Waals surface area contributed by atoms with Crippen molar-refractivity contribution in [2.24, 2.45) is 0 Å². The summed E-state index contributed by atoms with van der Waals surface area (Å²) < 4.78 is 6.49. The fraction of sp³-hybridized carbons (Fsp3) is 0.0435. The molecule has 0 atom stereocenters. The van der Waals surface area contributed by atoms with Crippen LogP contribution in [0.25, 0.3) is 5.69 Å². The van der Waals surface area contributed by atoms with Crippen molar-refractivity contribution in [2.75, 3.05) is 11.9 Å². The first kappa shape index (κ1) is 20.6. The van der Waals surface area contributed by atoms with Crippen molar-refractivity contribution in [1.82, 2.24) is 20.2 Å². The van der Waals surface area contributed by atoms with E-state index >= 15 is 0 Å². The molecule has 1 heterocycles. The molecule has 0 saturated heterocycles. The van der Waals surface area contributed by atoms with Crippen LogP contribution in [0.5, 0.6) is 0 Å². The third kappa shape index (κ3) is 4.57. The van der Waals surface area contributed by atoms with Gasteiger partial charge in [0.2, 0.25) is 0 Å². The number of aromatic nitrogens is 4. The molecule has 0 saturated carbocycles. The highest BCUT2D eigenvalue weighted by Gasteiger charge is 2.18. The summed E-state index contributed by atoms with van der Waals surface area (Å²) in [5.41, 5.74) is 1.78. The van der Waals surface area contributed by atoms with Gasteiger partial charge < -0.3 is 10.1 Å². The van der Waals surface area contributed by atoms with Crippen molar-refractivity contribution >= 4 is 23.3 Å². The van der Waals surface area contributed by atoms with Gasteiger partial charge in [-0.05, 0) is 34.7 Å². The Labute approximate surface area is 182 Å². The Morgan fingerprint density at radius 1 is 0.844 bits per heavy atom. The van der Waals surface area contributed by atoms with Gasteiger partial charge in [-0.3, -0.25) is 9.59 Å². The number of nitrogens with one attached hydrogen (secondary N) is 1. The summed E-state index contributed by atoms with van der Waals surface area (Å²) in [6.07, 6.45) is 1.35. The van der Waals surface area contributed by atoms with Crippen LogP contribution >= 0.6 is 0 Å². The molecule has 0 aliphatic carbocycles. The van der Waals surface area contributed by atoms with Gasteiger partial charge in [-0.25, -0.2) is 4.79 Å². The van der Waals surface area contributed by atoms with Gasteiger partial charge in [-0.2, -0.15) is 4.68 Å². The summed E-state index contributed by atoms with van der Waals surface area (Å²) in [6.45, 7) is -0.531. The number of ether oxygens (including phenoxy) is 1. The number of carbonyl (C=O) groups excluding carboxylic acids is 3. The summed E-state index contributed by atoms with van der Waals surface area (Å²) in [5, 5.41) is 13.5. The number of benzene rings is 3. The van der Waals surface area contributed by atoms with Crippen LogP contribution < -0.4 is 5.32 Å². The smallest absolute Gasteiger partial charge is 0.340 e. The number of tetrazole rings is 1. The van der Waals surface area contributed by atoms with Crippen LogP contribution in [0.3, 0.4) is 0 Å². The van der Waals surface area contributed by atoms with Gasteiger partial charge in [0.05, 0.1) is 16.9 Å². The highest BCUT2D eigenvalue weighted by Crippen LogP contribution is 2.19. The minimum Gasteiger partial charge on any atom is -0.452 e. The molecule has 0 radical (unpaired) electrons. The van der Waals surface area contributed by atoms with E-state index < -0.39 is 18.5 Å². The van der Waals surface area contributed by atoms with Crippen LogP contribution in [-0.2, 0) is 9.53 Å². The molecule has 4 aromatic rings. The molecule has 0 aliphatic heterocycles. The lowest BCUT2D eigenvalue weighted by Crippen LogP contribution is -2.22. The molecule has 0 fully saturated rings. The zero-order valence-corrected chi connectivity index (χ0v) is 16.7. The number of ketones is 1. The van der Waals surface area contributed by atoms with Gasteiger partial charge in [-0.1, -0.05) is 54.6 Å². The maximum atomic E-state index is 12.8. The van der Waals surface area contributed by atoms with Crippen LogP contribution in [0.2, 0.25) is 0 Å². The average molecular weight is 427 g/mol. The van der Waals surface area contributed by atoms with Crippen molar-refractivity contribution in [3.63, 3.8) is 0 Å². The first-order valence-corrected chi connectivity index (χ1v) is 9.61. The quantitative estimate of drug-likeness (QED) is 0.356. The van der Waals surface area contributed by atoms with E-state index in [-0.39, 0.29) is 11.3 Å². The number of hydrogen-bond acceptors (Lipinski definition) is 7. The molecule has 1 N–H and O–H groups in total. The lowest BCUT2D eigenvalue weighted by atomic mass is 10.0. The first-order valence-electron chi connectivity index (χ1n) is 9.61. The van der Waals surface area contributed by atoms with Crippen molar-refractivity contribution in [2.45, 2.75) is 0 Å². The third-order valence-electron chi connectivity index (χ3n) is 4.54. The molecular weight excluding hydrogens is 410 g/mol. The Morgan fingerprint density at radius 3 is 2.28 bits per heavy atom. The minimum absolute atomic E-state index is 0.201. The van der Waals surface area contributed by atoms with E-state index in [1.54, 1.807) is 72.8 Å². The lowest BCUT2D eigenvalue weighted by Gasteiger charge is -2.11. The predicted octanol–water partition coefficient (Wildman–Crippen LogP) is 2.69. The summed E-state index contributed by atoms with van der Waals surface area (Å²) in [6, 6.07) is 22.0. The van der Waals surface area contributed by atoms with Gasteiger partial charge >= 0.3 is 5.97 Å². The molecule has 1 amide bonds. The zero-order chi connectivity index (χ0) is 22.3. The van der Waals surface area contributed by atoms with Gasteiger partial charge in [0.15, 0.2) is 12.4 Å². The van der Waals surface area contributed by atoms with Crippen LogP contribution in [0, 0.1) is 0 Å². The Hall–Kier alpha value is -4.66. The van der Waals surface area contributed by atoms with Gasteiger partial charge in [-0.15, -0.1) is 5.10 Å². The van der Waals surface area contributed by atoms with E-state index in [1.165, 1.54) is 11.0 Å². The maximum absolute atomic E-state index is 12.8. The van der Waals surface area contributed by atoms with E-state index in [0.29, 0.717) is 22.5 Å². The molecule has 0 unspecified atom stereocenters. The molecule has 1 aromatic heterocycles. The number of amides is 1. The van der Waals surface area contributed by atoms with E-state index in [0.717, 1.165) is 0 Å². The van der Waals surface area contributed by atoms with Crippen LogP contribution in [0.1, 0.15) is 26.3 Å². The van der Waals surface area contributed by atoms with Crippen LogP contribution in [0.15, 0.2) is 85.2 Å². The van der Waals surface area contributed by atoms with Crippen LogP contribution in [0.4, 0.5) is 5.69 Å². The van der Waals surface area contributed by atoms with Crippen molar-refractivity contribution in [1.29, 1.82) is 0 Å². The van der Waals surface area contributed by atoms with E-state index in [1.807, 2.05) is 6.07 Å². The Kier molecular flexibility index (Phi) is 6.08. The number of esters is 1. The minimum atomic E-state index is -0.708. The van der Waals surface area contributed by atoms with E-state index in [2.05, 4.69) is 20.8 Å². The number of anilines is 1. The zero-order valence-electron chi connectivity index (χ0n) is 16.7. The second-order valence-electron chi connectivity index (χ2n) is 6.64. The number of nitrogens with zero attached hydrogens (tertiary/aromatic N) is 4. The molecule has 4 rings (SSSR count). The third-order valence-corrected chi connectivity index (χ3v) is 4.54. The molecule has 0 bridgehead atoms. The molecule has 3 aromatic carbocycles. The van der Waals surface area contributed by atoms with Crippen molar-refractivity contribution < 1.29 is 19.1 Å². The Bertz CT molecular complexity index is 1260. The van der Waals surface area contributed by atoms with Gasteiger partial charge in [0.25, 0.3) is 5.91 Å². The highest BCUT2D eigenvalue weighted by atomic mass is 16.5. The van der Waals surface area contributed by atoms with Gasteiger partial charge in [0.1, 0.15) is 6.33 Å². The monoisotopic (exact) mass is 427 g/mol. The maximum Gasteiger partial charge on any atom is 0.340 e. The number of para-hydroxylation sites is 2.